The van der Waals surface area contributed by atoms with Crippen LogP contribution in [0.25, 0.3) is 0 Å². The van der Waals surface area contributed by atoms with Crippen LogP contribution < -0.4 is 14.8 Å². The summed E-state index contributed by atoms with van der Waals surface area (Å²) in [5.41, 5.74) is 1.06. The van der Waals surface area contributed by atoms with Crippen molar-refractivity contribution in [1.29, 1.82) is 0 Å². The maximum atomic E-state index is 12.6. The fourth-order valence-electron chi connectivity index (χ4n) is 4.00. The number of nitrogens with zero attached hydrogens (tertiary/aromatic N) is 2. The van der Waals surface area contributed by atoms with Gasteiger partial charge in [0.2, 0.25) is 11.8 Å². The first-order valence-corrected chi connectivity index (χ1v) is 10.6. The predicted molar refractivity (Wildman–Crippen MR) is 113 cm³/mol. The van der Waals surface area contributed by atoms with Crippen molar-refractivity contribution < 1.29 is 23.8 Å². The molecule has 3 rings (SSSR count). The van der Waals surface area contributed by atoms with Gasteiger partial charge in [-0.05, 0) is 31.0 Å². The van der Waals surface area contributed by atoms with Crippen molar-refractivity contribution in [2.75, 3.05) is 60.2 Å². The Morgan fingerprint density at radius 2 is 1.97 bits per heavy atom. The fourth-order valence-corrected chi connectivity index (χ4v) is 4.00. The van der Waals surface area contributed by atoms with Crippen molar-refractivity contribution >= 4 is 11.8 Å². The van der Waals surface area contributed by atoms with Crippen LogP contribution >= 0.6 is 0 Å². The average molecular weight is 420 g/mol. The number of nitrogens with one attached hydrogen (secondary N) is 1. The average Bonchev–Trinajstić information content (AvgIpc) is 3.16. The highest BCUT2D eigenvalue weighted by Gasteiger charge is 2.34. The Balaban J connectivity index is 1.45. The van der Waals surface area contributed by atoms with E-state index < -0.39 is 0 Å². The highest BCUT2D eigenvalue weighted by atomic mass is 16.5. The van der Waals surface area contributed by atoms with Crippen molar-refractivity contribution in [3.8, 4) is 11.5 Å². The van der Waals surface area contributed by atoms with E-state index in [0.717, 1.165) is 31.9 Å². The first-order valence-electron chi connectivity index (χ1n) is 10.6. The van der Waals surface area contributed by atoms with E-state index in [0.29, 0.717) is 37.6 Å². The van der Waals surface area contributed by atoms with Crippen molar-refractivity contribution in [2.45, 2.75) is 25.8 Å². The van der Waals surface area contributed by atoms with E-state index in [-0.39, 0.29) is 30.2 Å². The number of hydrogen-bond donors (Lipinski definition) is 1. The van der Waals surface area contributed by atoms with Gasteiger partial charge in [0, 0.05) is 45.2 Å². The summed E-state index contributed by atoms with van der Waals surface area (Å²) in [6, 6.07) is 6.03. The van der Waals surface area contributed by atoms with Gasteiger partial charge >= 0.3 is 0 Å². The van der Waals surface area contributed by atoms with Gasteiger partial charge in [-0.25, -0.2) is 0 Å². The van der Waals surface area contributed by atoms with Gasteiger partial charge in [0.25, 0.3) is 0 Å². The molecule has 1 aromatic rings. The number of amides is 2. The van der Waals surface area contributed by atoms with Crippen LogP contribution in [-0.2, 0) is 20.7 Å². The summed E-state index contributed by atoms with van der Waals surface area (Å²) < 4.78 is 16.0. The minimum atomic E-state index is -0.278. The van der Waals surface area contributed by atoms with Crippen molar-refractivity contribution in [3.63, 3.8) is 0 Å². The second-order valence-corrected chi connectivity index (χ2v) is 7.92. The van der Waals surface area contributed by atoms with Gasteiger partial charge in [-0.15, -0.1) is 0 Å². The summed E-state index contributed by atoms with van der Waals surface area (Å²) in [5, 5.41) is 3.03. The second-order valence-electron chi connectivity index (χ2n) is 7.92. The molecule has 2 aliphatic rings. The fraction of sp³-hybridized carbons (Fsp3) is 0.636. The molecule has 2 aliphatic heterocycles. The molecule has 2 amide bonds. The molecule has 8 heteroatoms. The molecule has 1 N–H and O–H groups in total. The number of carbonyl (C=O) groups excluding carboxylic acids is 2. The number of likely N-dealkylation sites (tertiary alicyclic amines) is 1. The molecule has 0 spiro atoms. The lowest BCUT2D eigenvalue weighted by atomic mass is 10.1. The van der Waals surface area contributed by atoms with Gasteiger partial charge in [-0.1, -0.05) is 6.07 Å². The van der Waals surface area contributed by atoms with Crippen LogP contribution in [0.15, 0.2) is 18.2 Å². The molecular weight excluding hydrogens is 386 g/mol. The minimum Gasteiger partial charge on any atom is -0.493 e. The van der Waals surface area contributed by atoms with E-state index in [9.17, 15) is 9.59 Å². The smallest absolute Gasteiger partial charge is 0.225 e. The van der Waals surface area contributed by atoms with Crippen LogP contribution in [0, 0.1) is 5.92 Å². The van der Waals surface area contributed by atoms with E-state index in [2.05, 4.69) is 17.1 Å². The standard InChI is InChI=1S/C22H33N3O5/c1-16(24-8-10-30-11-9-24)14-23-22(27)18-13-21(26)25(15-18)7-6-17-4-5-19(28-2)20(12-17)29-3/h4-5,12,16,18H,6-11,13-15H2,1-3H3,(H,23,27). The van der Waals surface area contributed by atoms with Crippen LogP contribution in [0.1, 0.15) is 18.9 Å². The molecule has 0 bridgehead atoms. The normalized spacial score (nSPS) is 20.8. The molecule has 2 unspecified atom stereocenters. The highest BCUT2D eigenvalue weighted by Crippen LogP contribution is 2.28. The summed E-state index contributed by atoms with van der Waals surface area (Å²) in [5.74, 6) is 1.09. The zero-order valence-electron chi connectivity index (χ0n) is 18.2. The number of methoxy groups -OCH3 is 2. The molecule has 0 aromatic heterocycles. The van der Waals surface area contributed by atoms with Gasteiger partial charge in [0.1, 0.15) is 0 Å². The Kier molecular flexibility index (Phi) is 7.93. The number of ether oxygens (including phenoxy) is 3. The third-order valence-electron chi connectivity index (χ3n) is 5.94. The molecular formula is C22H33N3O5. The highest BCUT2D eigenvalue weighted by molar-refractivity contribution is 5.89. The molecule has 2 heterocycles. The Bertz CT molecular complexity index is 735. The quantitative estimate of drug-likeness (QED) is 0.642. The third kappa shape index (κ3) is 5.64. The molecule has 0 saturated carbocycles. The first-order chi connectivity index (χ1) is 14.5. The number of benzene rings is 1. The number of hydrogen-bond acceptors (Lipinski definition) is 6. The maximum absolute atomic E-state index is 12.6. The monoisotopic (exact) mass is 419 g/mol. The largest absolute Gasteiger partial charge is 0.493 e. The molecule has 2 atom stereocenters. The van der Waals surface area contributed by atoms with Crippen LogP contribution in [0.5, 0.6) is 11.5 Å². The molecule has 2 fully saturated rings. The van der Waals surface area contributed by atoms with E-state index in [1.54, 1.807) is 19.1 Å². The summed E-state index contributed by atoms with van der Waals surface area (Å²) in [4.78, 5) is 29.1. The lowest BCUT2D eigenvalue weighted by Crippen LogP contribution is -2.48. The second kappa shape index (κ2) is 10.6. The number of carbonyl (C=O) groups is 2. The van der Waals surface area contributed by atoms with E-state index in [4.69, 9.17) is 14.2 Å². The molecule has 0 radical (unpaired) electrons. The molecule has 0 aliphatic carbocycles. The Morgan fingerprint density at radius 1 is 1.23 bits per heavy atom. The number of rotatable bonds is 9. The Morgan fingerprint density at radius 3 is 2.67 bits per heavy atom. The van der Waals surface area contributed by atoms with Gasteiger partial charge < -0.3 is 24.4 Å². The zero-order valence-corrected chi connectivity index (χ0v) is 18.2. The number of morpholine rings is 1. The van der Waals surface area contributed by atoms with Crippen LogP contribution in [-0.4, -0.2) is 87.8 Å². The lowest BCUT2D eigenvalue weighted by molar-refractivity contribution is -0.129. The lowest BCUT2D eigenvalue weighted by Gasteiger charge is -2.32. The Labute approximate surface area is 178 Å². The predicted octanol–water partition coefficient (Wildman–Crippen LogP) is 0.932. The molecule has 2 saturated heterocycles. The van der Waals surface area contributed by atoms with Crippen LogP contribution in [0.3, 0.4) is 0 Å². The topological polar surface area (TPSA) is 80.3 Å². The summed E-state index contributed by atoms with van der Waals surface area (Å²) in [7, 11) is 3.21. The SMILES string of the molecule is COc1ccc(CCN2CC(C(=O)NCC(C)N3CCOCC3)CC2=O)cc1OC. The van der Waals surface area contributed by atoms with Gasteiger partial charge in [0.15, 0.2) is 11.5 Å². The minimum absolute atomic E-state index is 0.0305. The Hall–Kier alpha value is -2.32. The van der Waals surface area contributed by atoms with E-state index >= 15 is 0 Å². The molecule has 8 nitrogen and oxygen atoms in total. The summed E-state index contributed by atoms with van der Waals surface area (Å²) >= 11 is 0. The van der Waals surface area contributed by atoms with Crippen molar-refractivity contribution in [3.05, 3.63) is 23.8 Å². The van der Waals surface area contributed by atoms with Crippen LogP contribution in [0.4, 0.5) is 0 Å². The first kappa shape index (κ1) is 22.4. The molecule has 1 aromatic carbocycles. The van der Waals surface area contributed by atoms with Crippen molar-refractivity contribution in [1.82, 2.24) is 15.1 Å². The van der Waals surface area contributed by atoms with Crippen LogP contribution in [0.2, 0.25) is 0 Å². The van der Waals surface area contributed by atoms with Gasteiger partial charge in [-0.3, -0.25) is 14.5 Å². The molecule has 30 heavy (non-hydrogen) atoms. The summed E-state index contributed by atoms with van der Waals surface area (Å²) in [6.45, 7) is 7.03. The van der Waals surface area contributed by atoms with Gasteiger partial charge in [-0.2, -0.15) is 0 Å². The third-order valence-corrected chi connectivity index (χ3v) is 5.94. The maximum Gasteiger partial charge on any atom is 0.225 e. The van der Waals surface area contributed by atoms with E-state index in [1.165, 1.54) is 0 Å². The van der Waals surface area contributed by atoms with E-state index in [1.807, 2.05) is 18.2 Å². The van der Waals surface area contributed by atoms with Gasteiger partial charge in [0.05, 0.1) is 33.4 Å². The molecule has 166 valence electrons. The van der Waals surface area contributed by atoms with Crippen molar-refractivity contribution in [2.24, 2.45) is 5.92 Å². The zero-order chi connectivity index (χ0) is 21.5. The summed E-state index contributed by atoms with van der Waals surface area (Å²) in [6.07, 6.45) is 0.984.